The molecule has 0 spiro atoms. The second-order valence-corrected chi connectivity index (χ2v) is 2.96. The molecule has 4 heteroatoms. The fourth-order valence-corrected chi connectivity index (χ4v) is 0.902. The number of hydrogen-bond donors (Lipinski definition) is 2. The van der Waals surface area contributed by atoms with Gasteiger partial charge in [0, 0.05) is 5.41 Å². The van der Waals surface area contributed by atoms with E-state index in [1.165, 1.54) is 0 Å². The molecule has 1 rings (SSSR count). The minimum atomic E-state index is -0.953. The van der Waals surface area contributed by atoms with Crippen molar-refractivity contribution >= 4 is 5.97 Å². The van der Waals surface area contributed by atoms with Crippen LogP contribution in [0.2, 0.25) is 0 Å². The molecule has 0 saturated carbocycles. The summed E-state index contributed by atoms with van der Waals surface area (Å²) in [4.78, 5) is 10.4. The van der Waals surface area contributed by atoms with Gasteiger partial charge in [-0.3, -0.25) is 4.79 Å². The van der Waals surface area contributed by atoms with Gasteiger partial charge in [0.05, 0.1) is 13.2 Å². The predicted molar refractivity (Wildman–Crippen MR) is 34.5 cm³/mol. The van der Waals surface area contributed by atoms with Crippen molar-refractivity contribution in [3.05, 3.63) is 0 Å². The monoisotopic (exact) mass is 145 g/mol. The van der Waals surface area contributed by atoms with Crippen molar-refractivity contribution in [3.63, 3.8) is 0 Å². The summed E-state index contributed by atoms with van der Waals surface area (Å²) in [5.74, 6) is -0.953. The van der Waals surface area contributed by atoms with Gasteiger partial charge in [-0.25, -0.2) is 0 Å². The first-order valence-electron chi connectivity index (χ1n) is 3.12. The van der Waals surface area contributed by atoms with Crippen molar-refractivity contribution in [1.29, 1.82) is 0 Å². The average molecular weight is 145 g/mol. The highest BCUT2D eigenvalue weighted by molar-refractivity contribution is 5.74. The lowest BCUT2D eigenvalue weighted by Crippen LogP contribution is -2.56. The first-order valence-corrected chi connectivity index (χ1v) is 3.12. The molecule has 0 amide bonds. The summed E-state index contributed by atoms with van der Waals surface area (Å²) in [6, 6.07) is -0.791. The van der Waals surface area contributed by atoms with Crippen molar-refractivity contribution < 1.29 is 14.6 Å². The van der Waals surface area contributed by atoms with E-state index in [1.54, 1.807) is 0 Å². The van der Waals surface area contributed by atoms with E-state index in [2.05, 4.69) is 0 Å². The quantitative estimate of drug-likeness (QED) is 0.546. The van der Waals surface area contributed by atoms with E-state index < -0.39 is 12.0 Å². The summed E-state index contributed by atoms with van der Waals surface area (Å²) in [5.41, 5.74) is 5.04. The van der Waals surface area contributed by atoms with Gasteiger partial charge in [-0.2, -0.15) is 0 Å². The van der Waals surface area contributed by atoms with Gasteiger partial charge in [0.1, 0.15) is 6.04 Å². The summed E-state index contributed by atoms with van der Waals surface area (Å²) in [6.45, 7) is 2.73. The van der Waals surface area contributed by atoms with E-state index in [0.29, 0.717) is 13.2 Å². The smallest absolute Gasteiger partial charge is 0.321 e. The van der Waals surface area contributed by atoms with Crippen LogP contribution in [0.4, 0.5) is 0 Å². The molecule has 1 fully saturated rings. The Kier molecular flexibility index (Phi) is 1.66. The molecule has 0 unspecified atom stereocenters. The molecule has 3 N–H and O–H groups in total. The van der Waals surface area contributed by atoms with Crippen molar-refractivity contribution in [2.75, 3.05) is 13.2 Å². The van der Waals surface area contributed by atoms with E-state index in [1.807, 2.05) is 6.92 Å². The number of carboxylic acids is 1. The molecule has 0 aromatic rings. The zero-order chi connectivity index (χ0) is 7.78. The molecule has 4 nitrogen and oxygen atoms in total. The predicted octanol–water partition coefficient (Wildman–Crippen LogP) is -0.565. The zero-order valence-corrected chi connectivity index (χ0v) is 5.83. The fraction of sp³-hybridized carbons (Fsp3) is 0.833. The first-order chi connectivity index (χ1) is 4.56. The lowest BCUT2D eigenvalue weighted by atomic mass is 9.81. The fourth-order valence-electron chi connectivity index (χ4n) is 0.902. The molecular weight excluding hydrogens is 134 g/mol. The molecule has 1 aliphatic heterocycles. The Hall–Kier alpha value is -0.610. The maximum absolute atomic E-state index is 10.4. The third-order valence-corrected chi connectivity index (χ3v) is 1.88. The van der Waals surface area contributed by atoms with E-state index >= 15 is 0 Å². The molecule has 0 aromatic heterocycles. The molecule has 0 bridgehead atoms. The number of rotatable bonds is 2. The maximum Gasteiger partial charge on any atom is 0.321 e. The topological polar surface area (TPSA) is 72.6 Å². The minimum absolute atomic E-state index is 0.341. The molecule has 10 heavy (non-hydrogen) atoms. The van der Waals surface area contributed by atoms with E-state index in [0.717, 1.165) is 0 Å². The van der Waals surface area contributed by atoms with Crippen LogP contribution in [0.1, 0.15) is 6.92 Å². The van der Waals surface area contributed by atoms with Crippen LogP contribution in [0.3, 0.4) is 0 Å². The Morgan fingerprint density at radius 3 is 2.40 bits per heavy atom. The van der Waals surface area contributed by atoms with Crippen LogP contribution < -0.4 is 5.73 Å². The van der Waals surface area contributed by atoms with Crippen molar-refractivity contribution in [3.8, 4) is 0 Å². The SMILES string of the molecule is CC1([C@H](N)C(=O)O)COC1. The molecule has 1 atom stereocenters. The normalized spacial score (nSPS) is 25.0. The van der Waals surface area contributed by atoms with E-state index in [-0.39, 0.29) is 5.41 Å². The average Bonchev–Trinajstić information content (AvgIpc) is 1.81. The van der Waals surface area contributed by atoms with Crippen LogP contribution in [-0.2, 0) is 9.53 Å². The molecule has 1 heterocycles. The number of ether oxygens (including phenoxy) is 1. The summed E-state index contributed by atoms with van der Waals surface area (Å²) in [7, 11) is 0. The van der Waals surface area contributed by atoms with Crippen molar-refractivity contribution in [1.82, 2.24) is 0 Å². The Morgan fingerprint density at radius 2 is 2.30 bits per heavy atom. The van der Waals surface area contributed by atoms with E-state index in [4.69, 9.17) is 15.6 Å². The van der Waals surface area contributed by atoms with Crippen molar-refractivity contribution in [2.24, 2.45) is 11.1 Å². The van der Waals surface area contributed by atoms with Gasteiger partial charge in [-0.15, -0.1) is 0 Å². The number of carbonyl (C=O) groups is 1. The largest absolute Gasteiger partial charge is 0.480 e. The van der Waals surface area contributed by atoms with Gasteiger partial charge in [-0.05, 0) is 0 Å². The standard InChI is InChI=1S/C6H11NO3/c1-6(2-10-3-6)4(7)5(8)9/h4H,2-3,7H2,1H3,(H,8,9)/t4-/m1/s1. The highest BCUT2D eigenvalue weighted by Crippen LogP contribution is 2.29. The Balaban J connectivity index is 2.54. The van der Waals surface area contributed by atoms with Gasteiger partial charge < -0.3 is 15.6 Å². The molecule has 58 valence electrons. The summed E-state index contributed by atoms with van der Waals surface area (Å²) >= 11 is 0. The lowest BCUT2D eigenvalue weighted by molar-refractivity contribution is -0.158. The second-order valence-electron chi connectivity index (χ2n) is 2.96. The molecule has 0 radical (unpaired) electrons. The van der Waals surface area contributed by atoms with Crippen LogP contribution in [0.15, 0.2) is 0 Å². The summed E-state index contributed by atoms with van der Waals surface area (Å²) < 4.78 is 4.87. The summed E-state index contributed by atoms with van der Waals surface area (Å²) in [5, 5.41) is 8.50. The highest BCUT2D eigenvalue weighted by atomic mass is 16.5. The van der Waals surface area contributed by atoms with Crippen LogP contribution in [0.25, 0.3) is 0 Å². The number of aliphatic carboxylic acids is 1. The molecule has 1 aliphatic rings. The van der Waals surface area contributed by atoms with Crippen LogP contribution in [0.5, 0.6) is 0 Å². The maximum atomic E-state index is 10.4. The number of hydrogen-bond acceptors (Lipinski definition) is 3. The lowest BCUT2D eigenvalue weighted by Gasteiger charge is -2.40. The highest BCUT2D eigenvalue weighted by Gasteiger charge is 2.43. The minimum Gasteiger partial charge on any atom is -0.480 e. The van der Waals surface area contributed by atoms with Crippen molar-refractivity contribution in [2.45, 2.75) is 13.0 Å². The second kappa shape index (κ2) is 2.21. The first kappa shape index (κ1) is 7.50. The van der Waals surface area contributed by atoms with Crippen LogP contribution in [-0.4, -0.2) is 30.3 Å². The van der Waals surface area contributed by atoms with E-state index in [9.17, 15) is 4.79 Å². The molecular formula is C6H11NO3. The Labute approximate surface area is 59.0 Å². The number of nitrogens with two attached hydrogens (primary N) is 1. The molecule has 0 aliphatic carbocycles. The van der Waals surface area contributed by atoms with Gasteiger partial charge in [0.25, 0.3) is 0 Å². The van der Waals surface area contributed by atoms with Gasteiger partial charge >= 0.3 is 5.97 Å². The third-order valence-electron chi connectivity index (χ3n) is 1.88. The van der Waals surface area contributed by atoms with Gasteiger partial charge in [0.2, 0.25) is 0 Å². The summed E-state index contributed by atoms with van der Waals surface area (Å²) in [6.07, 6.45) is 0. The zero-order valence-electron chi connectivity index (χ0n) is 5.83. The molecule has 1 saturated heterocycles. The third kappa shape index (κ3) is 0.998. The number of carboxylic acid groups (broad SMARTS) is 1. The van der Waals surface area contributed by atoms with Crippen LogP contribution >= 0.6 is 0 Å². The van der Waals surface area contributed by atoms with Crippen LogP contribution in [0, 0.1) is 5.41 Å². The Morgan fingerprint density at radius 1 is 1.80 bits per heavy atom. The molecule has 0 aromatic carbocycles. The Bertz CT molecular complexity index is 153. The van der Waals surface area contributed by atoms with Gasteiger partial charge in [0.15, 0.2) is 0 Å². The van der Waals surface area contributed by atoms with Gasteiger partial charge in [-0.1, -0.05) is 6.92 Å².